The lowest BCUT2D eigenvalue weighted by atomic mass is 10.0. The predicted octanol–water partition coefficient (Wildman–Crippen LogP) is 1.94. The molecule has 0 aliphatic rings. The number of aliphatic hydroxyl groups excluding tert-OH is 1. The van der Waals surface area contributed by atoms with Crippen LogP contribution < -0.4 is 5.32 Å². The number of hydrogen-bond acceptors (Lipinski definition) is 4. The van der Waals surface area contributed by atoms with Gasteiger partial charge in [-0.2, -0.15) is 0 Å². The van der Waals surface area contributed by atoms with E-state index in [-0.39, 0.29) is 12.6 Å². The maximum Gasteiger partial charge on any atom is 0.336 e. The summed E-state index contributed by atoms with van der Waals surface area (Å²) < 4.78 is 0. The van der Waals surface area contributed by atoms with Crippen LogP contribution in [0.2, 0.25) is 0 Å². The summed E-state index contributed by atoms with van der Waals surface area (Å²) in [5.41, 5.74) is 0.343. The molecule has 1 aromatic rings. The van der Waals surface area contributed by atoms with Crippen molar-refractivity contribution in [3.8, 4) is 0 Å². The van der Waals surface area contributed by atoms with Crippen molar-refractivity contribution in [3.05, 3.63) is 21.9 Å². The van der Waals surface area contributed by atoms with Gasteiger partial charge in [-0.3, -0.25) is 0 Å². The highest BCUT2D eigenvalue weighted by atomic mass is 32.1. The van der Waals surface area contributed by atoms with Gasteiger partial charge in [0.05, 0.1) is 5.56 Å². The summed E-state index contributed by atoms with van der Waals surface area (Å²) in [7, 11) is 0. The highest BCUT2D eigenvalue weighted by Crippen LogP contribution is 2.15. The lowest BCUT2D eigenvalue weighted by Crippen LogP contribution is -2.34. The molecule has 0 bridgehead atoms. The number of carbonyl (C=O) groups is 1. The maximum absolute atomic E-state index is 10.7. The monoisotopic (exact) mass is 257 g/mol. The van der Waals surface area contributed by atoms with Crippen molar-refractivity contribution >= 4 is 17.3 Å². The Bertz CT molecular complexity index is 362. The average molecular weight is 257 g/mol. The van der Waals surface area contributed by atoms with Gasteiger partial charge in [0, 0.05) is 29.5 Å². The molecule has 4 nitrogen and oxygen atoms in total. The third kappa shape index (κ3) is 4.46. The van der Waals surface area contributed by atoms with E-state index in [1.165, 1.54) is 11.3 Å². The number of hydrogen-bond donors (Lipinski definition) is 3. The van der Waals surface area contributed by atoms with Crippen LogP contribution in [0, 0.1) is 5.92 Å². The zero-order chi connectivity index (χ0) is 12.8. The van der Waals surface area contributed by atoms with Crippen LogP contribution in [-0.4, -0.2) is 28.8 Å². The molecule has 1 unspecified atom stereocenters. The molecule has 0 spiro atoms. The topological polar surface area (TPSA) is 69.6 Å². The molecule has 5 heteroatoms. The fourth-order valence-corrected chi connectivity index (χ4v) is 2.44. The standard InChI is InChI=1S/C12H19NO3S/c1-8(2)11(3-4-14)13-6-10-5-9(7-17-10)12(15)16/h5,7-8,11,13-14H,3-4,6H2,1-2H3,(H,15,16). The summed E-state index contributed by atoms with van der Waals surface area (Å²) >= 11 is 1.44. The Hall–Kier alpha value is -0.910. The Morgan fingerprint density at radius 1 is 1.53 bits per heavy atom. The Balaban J connectivity index is 2.50. The lowest BCUT2D eigenvalue weighted by molar-refractivity contribution is 0.0697. The van der Waals surface area contributed by atoms with Crippen molar-refractivity contribution in [3.63, 3.8) is 0 Å². The molecule has 0 saturated carbocycles. The minimum Gasteiger partial charge on any atom is -0.478 e. The predicted molar refractivity (Wildman–Crippen MR) is 68.4 cm³/mol. The molecule has 1 atom stereocenters. The molecule has 0 aliphatic heterocycles. The van der Waals surface area contributed by atoms with Crippen molar-refractivity contribution in [2.24, 2.45) is 5.92 Å². The van der Waals surface area contributed by atoms with Gasteiger partial charge < -0.3 is 15.5 Å². The maximum atomic E-state index is 10.7. The lowest BCUT2D eigenvalue weighted by Gasteiger charge is -2.21. The van der Waals surface area contributed by atoms with Crippen LogP contribution in [0.3, 0.4) is 0 Å². The van der Waals surface area contributed by atoms with Gasteiger partial charge in [0.2, 0.25) is 0 Å². The molecular weight excluding hydrogens is 238 g/mol. The van der Waals surface area contributed by atoms with Crippen LogP contribution in [0.4, 0.5) is 0 Å². The van der Waals surface area contributed by atoms with E-state index >= 15 is 0 Å². The first-order valence-electron chi connectivity index (χ1n) is 5.69. The second-order valence-electron chi connectivity index (χ2n) is 4.35. The van der Waals surface area contributed by atoms with Crippen molar-refractivity contribution in [1.29, 1.82) is 0 Å². The quantitative estimate of drug-likeness (QED) is 0.698. The third-order valence-electron chi connectivity index (χ3n) is 2.68. The number of aliphatic hydroxyl groups is 1. The number of rotatable bonds is 7. The van der Waals surface area contributed by atoms with Crippen molar-refractivity contribution in [2.45, 2.75) is 32.9 Å². The normalized spacial score (nSPS) is 12.9. The number of carboxylic acids is 1. The molecule has 1 heterocycles. The summed E-state index contributed by atoms with van der Waals surface area (Å²) in [5.74, 6) is -0.440. The first-order chi connectivity index (χ1) is 8.04. The zero-order valence-electron chi connectivity index (χ0n) is 10.1. The number of nitrogens with one attached hydrogen (secondary N) is 1. The SMILES string of the molecule is CC(C)C(CCO)NCc1cc(C(=O)O)cs1. The summed E-state index contributed by atoms with van der Waals surface area (Å²) in [6, 6.07) is 1.95. The van der Waals surface area contributed by atoms with Crippen LogP contribution >= 0.6 is 11.3 Å². The largest absolute Gasteiger partial charge is 0.478 e. The van der Waals surface area contributed by atoms with E-state index in [9.17, 15) is 4.79 Å². The van der Waals surface area contributed by atoms with Gasteiger partial charge in [-0.1, -0.05) is 13.8 Å². The second kappa shape index (κ2) is 6.74. The zero-order valence-corrected chi connectivity index (χ0v) is 11.0. The van der Waals surface area contributed by atoms with E-state index in [0.29, 0.717) is 18.0 Å². The van der Waals surface area contributed by atoms with Gasteiger partial charge in [-0.05, 0) is 18.4 Å². The van der Waals surface area contributed by atoms with Crippen LogP contribution in [0.1, 0.15) is 35.5 Å². The molecular formula is C12H19NO3S. The average Bonchev–Trinajstić information content (AvgIpc) is 2.72. The van der Waals surface area contributed by atoms with Crippen LogP contribution in [0.15, 0.2) is 11.4 Å². The Morgan fingerprint density at radius 3 is 2.71 bits per heavy atom. The van der Waals surface area contributed by atoms with Gasteiger partial charge in [0.15, 0.2) is 0 Å². The molecule has 0 aliphatic carbocycles. The second-order valence-corrected chi connectivity index (χ2v) is 5.35. The molecule has 0 saturated heterocycles. The molecule has 1 rings (SSSR count). The molecule has 3 N–H and O–H groups in total. The first kappa shape index (κ1) is 14.2. The van der Waals surface area contributed by atoms with Gasteiger partial charge in [-0.15, -0.1) is 11.3 Å². The number of aromatic carboxylic acids is 1. The van der Waals surface area contributed by atoms with E-state index in [2.05, 4.69) is 19.2 Å². The highest BCUT2D eigenvalue weighted by Gasteiger charge is 2.13. The van der Waals surface area contributed by atoms with Crippen LogP contribution in [0.5, 0.6) is 0 Å². The molecule has 96 valence electrons. The molecule has 0 aromatic carbocycles. The van der Waals surface area contributed by atoms with E-state index in [4.69, 9.17) is 10.2 Å². The molecule has 17 heavy (non-hydrogen) atoms. The van der Waals surface area contributed by atoms with Gasteiger partial charge in [0.25, 0.3) is 0 Å². The number of thiophene rings is 1. The fourth-order valence-electron chi connectivity index (χ4n) is 1.63. The number of carboxylic acid groups (broad SMARTS) is 1. The van der Waals surface area contributed by atoms with E-state index < -0.39 is 5.97 Å². The van der Waals surface area contributed by atoms with Gasteiger partial charge in [-0.25, -0.2) is 4.79 Å². The van der Waals surface area contributed by atoms with E-state index in [1.807, 2.05) is 0 Å². The van der Waals surface area contributed by atoms with Crippen molar-refractivity contribution in [2.75, 3.05) is 6.61 Å². The van der Waals surface area contributed by atoms with Gasteiger partial charge in [0.1, 0.15) is 0 Å². The molecule has 0 radical (unpaired) electrons. The third-order valence-corrected chi connectivity index (χ3v) is 3.62. The van der Waals surface area contributed by atoms with Crippen LogP contribution in [0.25, 0.3) is 0 Å². The van der Waals surface area contributed by atoms with Crippen molar-refractivity contribution in [1.82, 2.24) is 5.32 Å². The van der Waals surface area contributed by atoms with Crippen molar-refractivity contribution < 1.29 is 15.0 Å². The fraction of sp³-hybridized carbons (Fsp3) is 0.583. The minimum atomic E-state index is -0.886. The smallest absolute Gasteiger partial charge is 0.336 e. The Kier molecular flexibility index (Phi) is 5.61. The summed E-state index contributed by atoms with van der Waals surface area (Å²) in [6.45, 7) is 5.02. The van der Waals surface area contributed by atoms with Gasteiger partial charge >= 0.3 is 5.97 Å². The van der Waals surface area contributed by atoms with Crippen LogP contribution in [-0.2, 0) is 6.54 Å². The first-order valence-corrected chi connectivity index (χ1v) is 6.57. The summed E-state index contributed by atoms with van der Waals surface area (Å²) in [6.07, 6.45) is 0.717. The molecule has 0 amide bonds. The minimum absolute atomic E-state index is 0.167. The van der Waals surface area contributed by atoms with E-state index in [0.717, 1.165) is 11.3 Å². The highest BCUT2D eigenvalue weighted by molar-refractivity contribution is 7.10. The summed E-state index contributed by atoms with van der Waals surface area (Å²) in [4.78, 5) is 11.7. The summed E-state index contributed by atoms with van der Waals surface area (Å²) in [5, 5.41) is 22.7. The Labute approximate surface area is 105 Å². The Morgan fingerprint density at radius 2 is 2.24 bits per heavy atom. The van der Waals surface area contributed by atoms with E-state index in [1.54, 1.807) is 11.4 Å². The molecule has 1 aromatic heterocycles. The molecule has 0 fully saturated rings.